The number of carboxylic acids is 1. The van der Waals surface area contributed by atoms with E-state index in [2.05, 4.69) is 20.1 Å². The summed E-state index contributed by atoms with van der Waals surface area (Å²) in [7, 11) is 0. The Morgan fingerprint density at radius 2 is 1.89 bits per heavy atom. The fourth-order valence-corrected chi connectivity index (χ4v) is 6.49. The van der Waals surface area contributed by atoms with Crippen molar-refractivity contribution in [3.8, 4) is 5.88 Å². The number of alkyl halides is 3. The summed E-state index contributed by atoms with van der Waals surface area (Å²) in [6, 6.07) is 7.34. The van der Waals surface area contributed by atoms with Gasteiger partial charge in [0.05, 0.1) is 18.6 Å². The molecule has 1 atom stereocenters. The molecule has 1 fully saturated rings. The summed E-state index contributed by atoms with van der Waals surface area (Å²) in [4.78, 5) is 24.2. The Hall–Kier alpha value is -4.10. The summed E-state index contributed by atoms with van der Waals surface area (Å²) in [5.74, 6) is -2.38. The topological polar surface area (TPSA) is 115 Å². The van der Waals surface area contributed by atoms with Crippen molar-refractivity contribution in [2.45, 2.75) is 71.3 Å². The molecule has 0 aliphatic carbocycles. The molecule has 0 amide bonds. The molecule has 4 aromatic rings. The molecule has 1 N–H and O–H groups in total. The molecule has 10 nitrogen and oxygen atoms in total. The second-order valence-corrected chi connectivity index (χ2v) is 12.6. The van der Waals surface area contributed by atoms with Gasteiger partial charge in [0, 0.05) is 68.2 Å². The maximum Gasteiger partial charge on any atom is 0.452 e. The van der Waals surface area contributed by atoms with Gasteiger partial charge in [-0.05, 0) is 68.1 Å². The van der Waals surface area contributed by atoms with Crippen LogP contribution in [0.4, 0.5) is 13.2 Å². The van der Waals surface area contributed by atoms with Gasteiger partial charge in [0.25, 0.3) is 0 Å². The van der Waals surface area contributed by atoms with Crippen molar-refractivity contribution < 1.29 is 32.5 Å². The number of halogens is 3. The van der Waals surface area contributed by atoms with Gasteiger partial charge in [0.15, 0.2) is 5.65 Å². The number of carbonyl (C=O) groups is 1. The quantitative estimate of drug-likeness (QED) is 0.304. The van der Waals surface area contributed by atoms with E-state index in [0.717, 1.165) is 33.9 Å². The Morgan fingerprint density at radius 3 is 2.60 bits per heavy atom. The van der Waals surface area contributed by atoms with Crippen molar-refractivity contribution >= 4 is 11.6 Å². The number of aromatic nitrogens is 5. The minimum absolute atomic E-state index is 0.0111. The number of nitrogens with zero attached hydrogens (tertiary/aromatic N) is 6. The average molecular weight is 625 g/mol. The van der Waals surface area contributed by atoms with Crippen molar-refractivity contribution in [2.24, 2.45) is 5.41 Å². The van der Waals surface area contributed by atoms with E-state index < -0.39 is 34.9 Å². The third kappa shape index (κ3) is 5.74. The molecule has 1 saturated heterocycles. The SMILES string of the molecule is Cc1cnc([C@@H](c2ccn3c(C(F)(F)F)nnc3c2C)C(C)(C)C(=O)O)cc1CN1Cc2cccnc2OC2(CCOCC2)C1. The highest BCUT2D eigenvalue weighted by atomic mass is 19.4. The number of fused-ring (bicyclic) bond motifs is 2. The van der Waals surface area contributed by atoms with Gasteiger partial charge in [-0.25, -0.2) is 4.98 Å². The first-order chi connectivity index (χ1) is 21.3. The molecular weight excluding hydrogens is 589 g/mol. The lowest BCUT2D eigenvalue weighted by molar-refractivity contribution is -0.147. The summed E-state index contributed by atoms with van der Waals surface area (Å²) in [5, 5.41) is 17.5. The number of carboxylic acid groups (broad SMARTS) is 1. The van der Waals surface area contributed by atoms with Crippen LogP contribution in [0.3, 0.4) is 0 Å². The average Bonchev–Trinajstić information content (AvgIpc) is 3.37. The van der Waals surface area contributed by atoms with Gasteiger partial charge < -0.3 is 14.6 Å². The fourth-order valence-electron chi connectivity index (χ4n) is 6.49. The summed E-state index contributed by atoms with van der Waals surface area (Å²) >= 11 is 0. The number of ether oxygens (including phenoxy) is 2. The first-order valence-corrected chi connectivity index (χ1v) is 14.8. The van der Waals surface area contributed by atoms with Crippen molar-refractivity contribution in [1.82, 2.24) is 29.5 Å². The molecule has 0 saturated carbocycles. The molecular formula is C32H35F3N6O4. The van der Waals surface area contributed by atoms with Crippen molar-refractivity contribution in [3.05, 3.63) is 82.2 Å². The number of pyridine rings is 3. The van der Waals surface area contributed by atoms with Gasteiger partial charge in [0.2, 0.25) is 11.7 Å². The molecule has 0 bridgehead atoms. The normalized spacial score (nSPS) is 17.9. The van der Waals surface area contributed by atoms with E-state index in [0.29, 0.717) is 55.5 Å². The van der Waals surface area contributed by atoms with E-state index in [4.69, 9.17) is 14.5 Å². The highest BCUT2D eigenvalue weighted by Gasteiger charge is 2.43. The van der Waals surface area contributed by atoms with E-state index in [1.54, 1.807) is 33.2 Å². The lowest BCUT2D eigenvalue weighted by atomic mass is 9.71. The van der Waals surface area contributed by atoms with Crippen LogP contribution in [0.5, 0.6) is 5.88 Å². The molecule has 6 rings (SSSR count). The van der Waals surface area contributed by atoms with Crippen LogP contribution in [0.1, 0.15) is 71.9 Å². The summed E-state index contributed by atoms with van der Waals surface area (Å²) in [6.45, 7) is 9.79. The third-order valence-corrected chi connectivity index (χ3v) is 9.10. The molecule has 1 spiro atoms. The molecule has 0 radical (unpaired) electrons. The van der Waals surface area contributed by atoms with Crippen LogP contribution in [0, 0.1) is 19.3 Å². The zero-order chi connectivity index (χ0) is 32.1. The second-order valence-electron chi connectivity index (χ2n) is 12.6. The number of aliphatic carboxylic acids is 1. The van der Waals surface area contributed by atoms with Crippen LogP contribution < -0.4 is 4.74 Å². The maximum atomic E-state index is 13.6. The molecule has 238 valence electrons. The molecule has 0 unspecified atom stereocenters. The Kier molecular flexibility index (Phi) is 7.80. The van der Waals surface area contributed by atoms with E-state index in [-0.39, 0.29) is 5.65 Å². The predicted octanol–water partition coefficient (Wildman–Crippen LogP) is 5.34. The Bertz CT molecular complexity index is 1750. The zero-order valence-corrected chi connectivity index (χ0v) is 25.6. The van der Waals surface area contributed by atoms with Crippen LogP contribution >= 0.6 is 0 Å². The van der Waals surface area contributed by atoms with Crippen molar-refractivity contribution in [2.75, 3.05) is 19.8 Å². The monoisotopic (exact) mass is 624 g/mol. The Balaban J connectivity index is 1.41. The molecule has 4 aromatic heterocycles. The Morgan fingerprint density at radius 1 is 1.13 bits per heavy atom. The number of hydrogen-bond donors (Lipinski definition) is 1. The van der Waals surface area contributed by atoms with Crippen LogP contribution in [0.25, 0.3) is 5.65 Å². The summed E-state index contributed by atoms with van der Waals surface area (Å²) in [6.07, 6.45) is 1.48. The number of aryl methyl sites for hydroxylation is 2. The van der Waals surface area contributed by atoms with E-state index >= 15 is 0 Å². The van der Waals surface area contributed by atoms with Gasteiger partial charge in [-0.15, -0.1) is 10.2 Å². The third-order valence-electron chi connectivity index (χ3n) is 9.10. The molecule has 2 aliphatic rings. The smallest absolute Gasteiger partial charge is 0.452 e. The second kappa shape index (κ2) is 11.4. The van der Waals surface area contributed by atoms with Crippen molar-refractivity contribution in [1.29, 1.82) is 0 Å². The standard InChI is InChI=1S/C32H35F3N6O4/c1-19-15-37-24(14-22(19)17-40-16-21-6-5-10-36-27(21)45-31(18-40)8-12-44-13-9-31)25(30(3,4)29(42)43)23-7-11-41-26(20(23)2)38-39-28(41)32(33,34)35/h5-7,10-11,14-15,25H,8-9,12-13,16-18H2,1-4H3,(H,42,43)/t25-/m1/s1. The van der Waals surface area contributed by atoms with Crippen molar-refractivity contribution in [3.63, 3.8) is 0 Å². The molecule has 0 aromatic carbocycles. The fraction of sp³-hybridized carbons (Fsp3) is 0.469. The first kappa shape index (κ1) is 30.9. The minimum Gasteiger partial charge on any atom is -0.481 e. The highest BCUT2D eigenvalue weighted by Crippen LogP contribution is 2.43. The van der Waals surface area contributed by atoms with E-state index in [1.807, 2.05) is 25.1 Å². The van der Waals surface area contributed by atoms with Gasteiger partial charge >= 0.3 is 12.1 Å². The van der Waals surface area contributed by atoms with Crippen LogP contribution in [0.15, 0.2) is 42.9 Å². The van der Waals surface area contributed by atoms with Gasteiger partial charge in [-0.3, -0.25) is 19.1 Å². The highest BCUT2D eigenvalue weighted by molar-refractivity contribution is 5.76. The molecule has 6 heterocycles. The Labute approximate surface area is 258 Å². The number of hydrogen-bond acceptors (Lipinski definition) is 8. The molecule has 13 heteroatoms. The van der Waals surface area contributed by atoms with Gasteiger partial charge in [-0.2, -0.15) is 13.2 Å². The minimum atomic E-state index is -4.70. The zero-order valence-electron chi connectivity index (χ0n) is 25.6. The largest absolute Gasteiger partial charge is 0.481 e. The van der Waals surface area contributed by atoms with Crippen LogP contribution in [-0.2, 0) is 28.8 Å². The lowest BCUT2D eigenvalue weighted by Crippen LogP contribution is -2.49. The predicted molar refractivity (Wildman–Crippen MR) is 157 cm³/mol. The first-order valence-electron chi connectivity index (χ1n) is 14.8. The van der Waals surface area contributed by atoms with E-state index in [9.17, 15) is 23.1 Å². The maximum absolute atomic E-state index is 13.6. The number of rotatable bonds is 6. The lowest BCUT2D eigenvalue weighted by Gasteiger charge is -2.38. The summed E-state index contributed by atoms with van der Waals surface area (Å²) < 4.78 is 53.8. The van der Waals surface area contributed by atoms with Gasteiger partial charge in [0.1, 0.15) is 5.60 Å². The van der Waals surface area contributed by atoms with Gasteiger partial charge in [-0.1, -0.05) is 6.07 Å². The van der Waals surface area contributed by atoms with E-state index in [1.165, 1.54) is 12.3 Å². The van der Waals surface area contributed by atoms with Crippen LogP contribution in [0.2, 0.25) is 0 Å². The molecule has 45 heavy (non-hydrogen) atoms. The van der Waals surface area contributed by atoms with Crippen LogP contribution in [-0.4, -0.2) is 65.9 Å². The molecule has 2 aliphatic heterocycles. The summed E-state index contributed by atoms with van der Waals surface area (Å²) in [5.41, 5.74) is 2.48.